The normalized spacial score (nSPS) is 14.0. The molecule has 0 aliphatic carbocycles. The first-order chi connectivity index (χ1) is 20.4. The van der Waals surface area contributed by atoms with Crippen molar-refractivity contribution in [2.75, 3.05) is 35.8 Å². The summed E-state index contributed by atoms with van der Waals surface area (Å²) in [6.07, 6.45) is 4.98. The Morgan fingerprint density at radius 1 is 0.952 bits per heavy atom. The van der Waals surface area contributed by atoms with Gasteiger partial charge in [0.25, 0.3) is 10.0 Å². The van der Waals surface area contributed by atoms with E-state index in [1.807, 2.05) is 12.1 Å². The van der Waals surface area contributed by atoms with Crippen LogP contribution in [0.1, 0.15) is 16.7 Å². The van der Waals surface area contributed by atoms with E-state index in [0.29, 0.717) is 49.4 Å². The zero-order valence-electron chi connectivity index (χ0n) is 22.4. The van der Waals surface area contributed by atoms with Gasteiger partial charge in [-0.25, -0.2) is 33.1 Å². The Kier molecular flexibility index (Phi) is 7.68. The molecule has 6 rings (SSSR count). The van der Waals surface area contributed by atoms with Crippen molar-refractivity contribution in [3.8, 4) is 0 Å². The molecule has 0 saturated carbocycles. The first kappa shape index (κ1) is 27.9. The molecule has 0 spiro atoms. The number of aromatic amines is 1. The maximum Gasteiger partial charge on any atom is 0.264 e. The third-order valence-electron chi connectivity index (χ3n) is 7.34. The molecule has 0 radical (unpaired) electrons. The second kappa shape index (κ2) is 11.6. The summed E-state index contributed by atoms with van der Waals surface area (Å²) in [6.45, 7) is 2.48. The molecule has 1 saturated heterocycles. The fourth-order valence-electron chi connectivity index (χ4n) is 5.15. The number of nitrogens with one attached hydrogen (secondary N) is 2. The van der Waals surface area contributed by atoms with Crippen LogP contribution in [0, 0.1) is 0 Å². The lowest BCUT2D eigenvalue weighted by atomic mass is 10.0. The predicted octanol–water partition coefficient (Wildman–Crippen LogP) is 2.38. The molecular weight excluding hydrogens is 576 g/mol. The van der Waals surface area contributed by atoms with Crippen molar-refractivity contribution in [2.45, 2.75) is 24.5 Å². The van der Waals surface area contributed by atoms with Gasteiger partial charge in [-0.2, -0.15) is 0 Å². The summed E-state index contributed by atoms with van der Waals surface area (Å²) in [6, 6.07) is 12.0. The van der Waals surface area contributed by atoms with E-state index in [4.69, 9.17) is 12.2 Å². The maximum absolute atomic E-state index is 12.7. The van der Waals surface area contributed by atoms with Gasteiger partial charge in [0.2, 0.25) is 5.95 Å². The summed E-state index contributed by atoms with van der Waals surface area (Å²) in [5.74, 6) is 0.823. The van der Waals surface area contributed by atoms with Crippen LogP contribution in [0.4, 0.5) is 11.8 Å². The first-order valence-corrected chi connectivity index (χ1v) is 15.2. The van der Waals surface area contributed by atoms with Gasteiger partial charge in [0, 0.05) is 55.9 Å². The number of fused-ring (bicyclic) bond motifs is 3. The van der Waals surface area contributed by atoms with E-state index in [0.717, 1.165) is 32.7 Å². The van der Waals surface area contributed by atoms with Crippen molar-refractivity contribution >= 4 is 60.9 Å². The number of benzene rings is 2. The van der Waals surface area contributed by atoms with Gasteiger partial charge < -0.3 is 25.0 Å². The van der Waals surface area contributed by atoms with Gasteiger partial charge >= 0.3 is 0 Å². The van der Waals surface area contributed by atoms with Gasteiger partial charge in [-0.3, -0.25) is 0 Å². The van der Waals surface area contributed by atoms with Crippen molar-refractivity contribution in [3.05, 3.63) is 77.9 Å². The number of piperazine rings is 1. The Morgan fingerprint density at radius 3 is 2.33 bits per heavy atom. The van der Waals surface area contributed by atoms with Crippen molar-refractivity contribution < 1.29 is 18.6 Å². The summed E-state index contributed by atoms with van der Waals surface area (Å²) in [5, 5.41) is 21.3. The average Bonchev–Trinajstić information content (AvgIpc) is 3.38. The van der Waals surface area contributed by atoms with Crippen LogP contribution in [0.25, 0.3) is 21.9 Å². The molecule has 5 aromatic rings. The lowest BCUT2D eigenvalue weighted by Crippen LogP contribution is -2.49. The minimum atomic E-state index is -3.80. The van der Waals surface area contributed by atoms with Crippen LogP contribution in [0.3, 0.4) is 0 Å². The fourth-order valence-corrected chi connectivity index (χ4v) is 6.46. The Morgan fingerprint density at radius 2 is 1.64 bits per heavy atom. The highest BCUT2D eigenvalue weighted by Gasteiger charge is 2.24. The number of aliphatic hydroxyl groups excluding tert-OH is 2. The fraction of sp³-hybridized carbons (Fsp3) is 0.250. The molecule has 42 heavy (non-hydrogen) atoms. The molecule has 12 nitrogen and oxygen atoms in total. The maximum atomic E-state index is 12.7. The molecular formula is C28H28N8O4S2. The van der Waals surface area contributed by atoms with Gasteiger partial charge in [0.05, 0.1) is 28.5 Å². The Labute approximate surface area is 247 Å². The predicted molar refractivity (Wildman–Crippen MR) is 163 cm³/mol. The number of sulfonamides is 1. The zero-order chi connectivity index (χ0) is 29.3. The molecule has 1 aliphatic heterocycles. The Bertz CT molecular complexity index is 1860. The van der Waals surface area contributed by atoms with Crippen LogP contribution >= 0.6 is 12.2 Å². The van der Waals surface area contributed by atoms with Gasteiger partial charge in [-0.1, -0.05) is 24.4 Å². The monoisotopic (exact) mass is 604 g/mol. The smallest absolute Gasteiger partial charge is 0.264 e. The second-order valence-electron chi connectivity index (χ2n) is 9.90. The number of H-pyrrole nitrogens is 1. The highest BCUT2D eigenvalue weighted by molar-refractivity contribution is 7.92. The summed E-state index contributed by atoms with van der Waals surface area (Å²) < 4.78 is 27.7. The number of aliphatic hydroxyl groups is 2. The zero-order valence-corrected chi connectivity index (χ0v) is 24.1. The number of hydrogen-bond acceptors (Lipinski definition) is 10. The quantitative estimate of drug-likeness (QED) is 0.193. The molecule has 0 atom stereocenters. The van der Waals surface area contributed by atoms with Gasteiger partial charge in [-0.15, -0.1) is 0 Å². The Hall–Kier alpha value is -4.24. The number of thiocarbonyl (C=S) groups is 1. The van der Waals surface area contributed by atoms with Crippen LogP contribution in [0.5, 0.6) is 0 Å². The standard InChI is InChI=1S/C28H28N8O4S2/c37-15-19-13-22-23(14-20(19)16-38)33-26-25(22)27(32-17-31-26)36-10-8-35(9-11-36)24(41)12-18-2-4-21(5-3-18)42(39,40)34-28-29-6-1-7-30-28/h1-7,13-14,17,37-38H,8-12,15-16H2,(H,29,30,34)(H,31,32,33). The van der Waals surface area contributed by atoms with E-state index < -0.39 is 10.0 Å². The van der Waals surface area contributed by atoms with Crippen LogP contribution in [-0.2, 0) is 29.7 Å². The van der Waals surface area contributed by atoms with Crippen molar-refractivity contribution in [3.63, 3.8) is 0 Å². The number of hydrogen-bond donors (Lipinski definition) is 4. The highest BCUT2D eigenvalue weighted by Crippen LogP contribution is 2.33. The molecule has 0 amide bonds. The first-order valence-electron chi connectivity index (χ1n) is 13.3. The molecule has 2 aromatic carbocycles. The van der Waals surface area contributed by atoms with Crippen molar-refractivity contribution in [2.24, 2.45) is 0 Å². The largest absolute Gasteiger partial charge is 0.392 e. The van der Waals surface area contributed by atoms with Crippen LogP contribution in [0.2, 0.25) is 0 Å². The molecule has 216 valence electrons. The van der Waals surface area contributed by atoms with Gasteiger partial charge in [0.15, 0.2) is 0 Å². The lowest BCUT2D eigenvalue weighted by molar-refractivity contribution is 0.260. The van der Waals surface area contributed by atoms with Crippen molar-refractivity contribution in [1.29, 1.82) is 0 Å². The molecule has 14 heteroatoms. The minimum absolute atomic E-state index is 0.0139. The number of aromatic nitrogens is 5. The summed E-state index contributed by atoms with van der Waals surface area (Å²) in [4.78, 5) is 25.4. The van der Waals surface area contributed by atoms with E-state index in [1.54, 1.807) is 30.3 Å². The van der Waals surface area contributed by atoms with E-state index in [-0.39, 0.29) is 24.1 Å². The second-order valence-corrected chi connectivity index (χ2v) is 12.0. The van der Waals surface area contributed by atoms with E-state index in [1.165, 1.54) is 18.7 Å². The van der Waals surface area contributed by atoms with Gasteiger partial charge in [0.1, 0.15) is 17.8 Å². The van der Waals surface area contributed by atoms with Gasteiger partial charge in [-0.05, 0) is 47.0 Å². The number of nitrogens with zero attached hydrogens (tertiary/aromatic N) is 6. The summed E-state index contributed by atoms with van der Waals surface area (Å²) in [5.41, 5.74) is 3.78. The highest BCUT2D eigenvalue weighted by atomic mass is 32.2. The SMILES string of the molecule is O=S(=O)(Nc1ncccn1)c1ccc(CC(=S)N2CCN(c3ncnc4[nH]c5cc(CO)c(CO)cc5c34)CC2)cc1. The summed E-state index contributed by atoms with van der Waals surface area (Å²) >= 11 is 5.77. The van der Waals surface area contributed by atoms with Crippen LogP contribution in [0.15, 0.2) is 66.1 Å². The topological polar surface area (TPSA) is 160 Å². The molecule has 1 aliphatic rings. The minimum Gasteiger partial charge on any atom is -0.392 e. The average molecular weight is 605 g/mol. The lowest BCUT2D eigenvalue weighted by Gasteiger charge is -2.37. The van der Waals surface area contributed by atoms with Crippen LogP contribution in [-0.4, -0.2) is 79.6 Å². The van der Waals surface area contributed by atoms with E-state index >= 15 is 0 Å². The number of rotatable bonds is 8. The Balaban J connectivity index is 1.12. The third-order valence-corrected chi connectivity index (χ3v) is 9.09. The third kappa shape index (κ3) is 5.48. The molecule has 1 fully saturated rings. The van der Waals surface area contributed by atoms with E-state index in [9.17, 15) is 18.6 Å². The van der Waals surface area contributed by atoms with Crippen molar-refractivity contribution in [1.82, 2.24) is 29.8 Å². The molecule has 0 bridgehead atoms. The van der Waals surface area contributed by atoms with Crippen LogP contribution < -0.4 is 9.62 Å². The summed E-state index contributed by atoms with van der Waals surface area (Å²) in [7, 11) is -3.80. The molecule has 4 heterocycles. The van der Waals surface area contributed by atoms with E-state index in [2.05, 4.69) is 39.4 Å². The molecule has 0 unspecified atom stereocenters. The molecule has 4 N–H and O–H groups in total. The molecule has 3 aromatic heterocycles. The number of anilines is 2.